The molecule has 0 radical (unpaired) electrons. The molecule has 0 spiro atoms. The molecule has 0 heterocycles. The minimum Gasteiger partial charge on any atom is -0.480 e. The third-order valence-corrected chi connectivity index (χ3v) is 2.47. The number of carbonyl (C=O) groups is 2. The fraction of sp³-hybridized carbons (Fsp3) is 0.273. The summed E-state index contributed by atoms with van der Waals surface area (Å²) in [4.78, 5) is 22.1. The lowest BCUT2D eigenvalue weighted by Gasteiger charge is -2.13. The maximum Gasteiger partial charge on any atom is 0.328 e. The molecule has 2 amide bonds. The zero-order valence-corrected chi connectivity index (χ0v) is 10.4. The smallest absolute Gasteiger partial charge is 0.328 e. The number of benzene rings is 1. The summed E-state index contributed by atoms with van der Waals surface area (Å²) in [6, 6.07) is 2.92. The molecule has 0 aromatic heterocycles. The van der Waals surface area contributed by atoms with E-state index in [0.717, 1.165) is 5.56 Å². The molecule has 1 rings (SSSR count). The van der Waals surface area contributed by atoms with Crippen molar-refractivity contribution in [2.24, 2.45) is 0 Å². The van der Waals surface area contributed by atoms with E-state index in [9.17, 15) is 9.59 Å². The van der Waals surface area contributed by atoms with Gasteiger partial charge in [-0.05, 0) is 24.6 Å². The van der Waals surface area contributed by atoms with Crippen molar-refractivity contribution in [3.63, 3.8) is 0 Å². The number of nitrogens with one attached hydrogen (secondary N) is 2. The molecule has 1 aromatic rings. The minimum absolute atomic E-state index is 0.348. The van der Waals surface area contributed by atoms with Gasteiger partial charge in [-0.1, -0.05) is 17.7 Å². The summed E-state index contributed by atoms with van der Waals surface area (Å²) in [5.41, 5.74) is 1.30. The van der Waals surface area contributed by atoms with Crippen LogP contribution in [0.1, 0.15) is 5.56 Å². The van der Waals surface area contributed by atoms with E-state index in [-0.39, 0.29) is 0 Å². The molecule has 0 fully saturated rings. The normalized spacial score (nSPS) is 11.7. The number of aryl methyl sites for hydroxylation is 1. The number of hydrogen-bond acceptors (Lipinski definition) is 3. The van der Waals surface area contributed by atoms with Crippen LogP contribution in [0, 0.1) is 6.92 Å². The molecule has 1 atom stereocenters. The highest BCUT2D eigenvalue weighted by molar-refractivity contribution is 6.33. The Morgan fingerprint density at radius 3 is 2.61 bits per heavy atom. The van der Waals surface area contributed by atoms with Gasteiger partial charge in [0.05, 0.1) is 17.3 Å². The number of halogens is 1. The van der Waals surface area contributed by atoms with Gasteiger partial charge in [0, 0.05) is 0 Å². The average Bonchev–Trinajstić information content (AvgIpc) is 2.29. The van der Waals surface area contributed by atoms with Crippen molar-refractivity contribution in [1.82, 2.24) is 5.32 Å². The molecule has 4 N–H and O–H groups in total. The second-order valence-electron chi connectivity index (χ2n) is 3.66. The molecule has 18 heavy (non-hydrogen) atoms. The van der Waals surface area contributed by atoms with Gasteiger partial charge < -0.3 is 20.8 Å². The number of carbonyl (C=O) groups excluding carboxylic acids is 1. The zero-order chi connectivity index (χ0) is 13.7. The van der Waals surface area contributed by atoms with Crippen LogP contribution in [0.15, 0.2) is 18.2 Å². The molecule has 0 aliphatic heterocycles. The monoisotopic (exact) mass is 272 g/mol. The zero-order valence-electron chi connectivity index (χ0n) is 9.61. The van der Waals surface area contributed by atoms with Crippen molar-refractivity contribution in [3.05, 3.63) is 28.8 Å². The molecule has 0 unspecified atom stereocenters. The second kappa shape index (κ2) is 6.23. The summed E-state index contributed by atoms with van der Waals surface area (Å²) < 4.78 is 0. The van der Waals surface area contributed by atoms with Crippen LogP contribution in [0.25, 0.3) is 0 Å². The Bertz CT molecular complexity index is 464. The first-order valence-corrected chi connectivity index (χ1v) is 5.49. The number of anilines is 1. The molecule has 0 bridgehead atoms. The first-order valence-electron chi connectivity index (χ1n) is 5.11. The Labute approximate surface area is 109 Å². The van der Waals surface area contributed by atoms with Crippen LogP contribution in [0.5, 0.6) is 0 Å². The number of aliphatic hydroxyl groups excluding tert-OH is 1. The number of hydrogen-bond donors (Lipinski definition) is 4. The lowest BCUT2D eigenvalue weighted by molar-refractivity contribution is -0.140. The van der Waals surface area contributed by atoms with Gasteiger partial charge in [-0.15, -0.1) is 0 Å². The van der Waals surface area contributed by atoms with E-state index < -0.39 is 24.6 Å². The highest BCUT2D eigenvalue weighted by Crippen LogP contribution is 2.22. The van der Waals surface area contributed by atoms with E-state index in [0.29, 0.717) is 10.7 Å². The topological polar surface area (TPSA) is 98.7 Å². The Morgan fingerprint density at radius 2 is 2.11 bits per heavy atom. The summed E-state index contributed by atoms with van der Waals surface area (Å²) in [5, 5.41) is 22.3. The van der Waals surface area contributed by atoms with Crippen molar-refractivity contribution in [1.29, 1.82) is 0 Å². The van der Waals surface area contributed by atoms with Crippen LogP contribution in [-0.4, -0.2) is 34.9 Å². The highest BCUT2D eigenvalue weighted by atomic mass is 35.5. The maximum absolute atomic E-state index is 11.5. The molecular formula is C11H13ClN2O4. The molecule has 0 saturated carbocycles. The molecule has 0 aliphatic carbocycles. The Kier molecular flexibility index (Phi) is 4.94. The summed E-state index contributed by atoms with van der Waals surface area (Å²) >= 11 is 5.90. The Morgan fingerprint density at radius 1 is 1.44 bits per heavy atom. The number of amides is 2. The second-order valence-corrected chi connectivity index (χ2v) is 4.06. The number of urea groups is 1. The summed E-state index contributed by atoms with van der Waals surface area (Å²) in [5.74, 6) is -1.32. The van der Waals surface area contributed by atoms with E-state index in [4.69, 9.17) is 21.8 Å². The van der Waals surface area contributed by atoms with Gasteiger partial charge in [0.25, 0.3) is 0 Å². The van der Waals surface area contributed by atoms with E-state index in [1.807, 2.05) is 6.92 Å². The van der Waals surface area contributed by atoms with Gasteiger partial charge in [0.2, 0.25) is 0 Å². The van der Waals surface area contributed by atoms with Crippen molar-refractivity contribution < 1.29 is 19.8 Å². The summed E-state index contributed by atoms with van der Waals surface area (Å²) in [6.45, 7) is 1.16. The summed E-state index contributed by atoms with van der Waals surface area (Å²) in [7, 11) is 0. The van der Waals surface area contributed by atoms with Gasteiger partial charge in [-0.25, -0.2) is 9.59 Å². The minimum atomic E-state index is -1.35. The standard InChI is InChI=1S/C11H13ClN2O4/c1-6-2-3-8(7(12)4-6)13-11(18)14-9(5-15)10(16)17/h2-4,9,15H,5H2,1H3,(H,16,17)(H2,13,14,18)/t9-/m1/s1. The molecule has 1 aromatic carbocycles. The van der Waals surface area contributed by atoms with Crippen LogP contribution >= 0.6 is 11.6 Å². The maximum atomic E-state index is 11.5. The molecule has 0 saturated heterocycles. The molecule has 98 valence electrons. The highest BCUT2D eigenvalue weighted by Gasteiger charge is 2.18. The van der Waals surface area contributed by atoms with Crippen LogP contribution in [-0.2, 0) is 4.79 Å². The predicted octanol–water partition coefficient (Wildman–Crippen LogP) is 1.22. The number of carboxylic acids is 1. The van der Waals surface area contributed by atoms with Crippen LogP contribution in [0.2, 0.25) is 5.02 Å². The number of carboxylic acid groups (broad SMARTS) is 1. The number of aliphatic hydroxyl groups is 1. The van der Waals surface area contributed by atoms with Gasteiger partial charge >= 0.3 is 12.0 Å². The molecule has 6 nitrogen and oxygen atoms in total. The Balaban J connectivity index is 2.67. The quantitative estimate of drug-likeness (QED) is 0.662. The third-order valence-electron chi connectivity index (χ3n) is 2.16. The number of aliphatic carboxylic acids is 1. The SMILES string of the molecule is Cc1ccc(NC(=O)N[C@H](CO)C(=O)O)c(Cl)c1. The fourth-order valence-corrected chi connectivity index (χ4v) is 1.51. The number of rotatable bonds is 4. The van der Waals surface area contributed by atoms with E-state index in [1.54, 1.807) is 18.2 Å². The van der Waals surface area contributed by atoms with Crippen molar-refractivity contribution in [2.75, 3.05) is 11.9 Å². The first-order chi connectivity index (χ1) is 8.43. The van der Waals surface area contributed by atoms with Crippen LogP contribution in [0.3, 0.4) is 0 Å². The van der Waals surface area contributed by atoms with Crippen molar-refractivity contribution >= 4 is 29.3 Å². The fourth-order valence-electron chi connectivity index (χ4n) is 1.22. The van der Waals surface area contributed by atoms with Crippen LogP contribution in [0.4, 0.5) is 10.5 Å². The van der Waals surface area contributed by atoms with Gasteiger partial charge in [-0.2, -0.15) is 0 Å². The van der Waals surface area contributed by atoms with Crippen molar-refractivity contribution in [2.45, 2.75) is 13.0 Å². The van der Waals surface area contributed by atoms with E-state index in [1.165, 1.54) is 0 Å². The lowest BCUT2D eigenvalue weighted by atomic mass is 10.2. The Hall–Kier alpha value is -1.79. The summed E-state index contributed by atoms with van der Waals surface area (Å²) in [6.07, 6.45) is 0. The predicted molar refractivity (Wildman–Crippen MR) is 66.9 cm³/mol. The first kappa shape index (κ1) is 14.3. The largest absolute Gasteiger partial charge is 0.480 e. The van der Waals surface area contributed by atoms with Gasteiger partial charge in [0.15, 0.2) is 6.04 Å². The molecular weight excluding hydrogens is 260 g/mol. The van der Waals surface area contributed by atoms with Gasteiger partial charge in [-0.3, -0.25) is 0 Å². The lowest BCUT2D eigenvalue weighted by Crippen LogP contribution is -2.45. The average molecular weight is 273 g/mol. The van der Waals surface area contributed by atoms with E-state index >= 15 is 0 Å². The van der Waals surface area contributed by atoms with E-state index in [2.05, 4.69) is 10.6 Å². The third kappa shape index (κ3) is 3.90. The molecule has 7 heteroatoms. The van der Waals surface area contributed by atoms with Gasteiger partial charge in [0.1, 0.15) is 0 Å². The van der Waals surface area contributed by atoms with Crippen molar-refractivity contribution in [3.8, 4) is 0 Å². The van der Waals surface area contributed by atoms with Crippen LogP contribution < -0.4 is 10.6 Å². The molecule has 0 aliphatic rings.